The van der Waals surface area contributed by atoms with Crippen molar-refractivity contribution in [2.75, 3.05) is 0 Å². The summed E-state index contributed by atoms with van der Waals surface area (Å²) < 4.78 is 0. The summed E-state index contributed by atoms with van der Waals surface area (Å²) in [7, 11) is 3.48. The number of benzene rings is 1. The van der Waals surface area contributed by atoms with E-state index in [0.717, 1.165) is 6.04 Å². The lowest BCUT2D eigenvalue weighted by Gasteiger charge is -2.18. The molecule has 0 saturated carbocycles. The van der Waals surface area contributed by atoms with Gasteiger partial charge in [-0.3, -0.25) is 0 Å². The molecule has 12 heavy (non-hydrogen) atoms. The molecule has 1 aromatic carbocycles. The van der Waals surface area contributed by atoms with Crippen LogP contribution < -0.4 is 0 Å². The van der Waals surface area contributed by atoms with E-state index >= 15 is 0 Å². The first-order chi connectivity index (χ1) is 5.54. The normalized spacial score (nSPS) is 11.7. The quantitative estimate of drug-likeness (QED) is 0.576. The Morgan fingerprint density at radius 2 is 1.58 bits per heavy atom. The van der Waals surface area contributed by atoms with Crippen LogP contribution in [0.15, 0.2) is 24.3 Å². The molecule has 0 N–H and O–H groups in total. The fourth-order valence-electron chi connectivity index (χ4n) is 1.12. The van der Waals surface area contributed by atoms with Gasteiger partial charge in [0, 0.05) is 10.2 Å². The maximum absolute atomic E-state index is 3.48. The predicted octanol–water partition coefficient (Wildman–Crippen LogP) is 2.65. The lowest BCUT2D eigenvalue weighted by molar-refractivity contribution is 0.590. The molecule has 1 heteroatoms. The summed E-state index contributed by atoms with van der Waals surface area (Å²) in [5, 5.41) is 0. The zero-order chi connectivity index (χ0) is 9.19. The molecule has 0 aliphatic heterocycles. The number of rotatable bonds is 1. The van der Waals surface area contributed by atoms with Gasteiger partial charge in [0.05, 0.1) is 0 Å². The van der Waals surface area contributed by atoms with Crippen molar-refractivity contribution >= 4 is 10.2 Å². The molecule has 0 spiro atoms. The predicted molar refractivity (Wildman–Crippen MR) is 54.6 cm³/mol. The highest BCUT2D eigenvalue weighted by Crippen LogP contribution is 2.21. The van der Waals surface area contributed by atoms with Gasteiger partial charge in [-0.2, -0.15) is 0 Å². The summed E-state index contributed by atoms with van der Waals surface area (Å²) in [5.41, 5.74) is 3.00. The zero-order valence-corrected chi connectivity index (χ0v) is 9.02. The van der Waals surface area contributed by atoms with Gasteiger partial charge in [-0.05, 0) is 17.0 Å². The fraction of sp³-hybridized carbons (Fsp3) is 0.455. The molecule has 0 aliphatic carbocycles. The highest BCUT2D eigenvalue weighted by Gasteiger charge is 2.12. The highest BCUT2D eigenvalue weighted by atomic mass is 28.1. The van der Waals surface area contributed by atoms with Crippen molar-refractivity contribution in [1.82, 2.24) is 0 Å². The lowest BCUT2D eigenvalue weighted by atomic mass is 9.87. The van der Waals surface area contributed by atoms with Crippen LogP contribution in [0, 0.1) is 0 Å². The van der Waals surface area contributed by atoms with Crippen LogP contribution in [0.4, 0.5) is 0 Å². The summed E-state index contributed by atoms with van der Waals surface area (Å²) in [5.74, 6) is 0. The molecule has 0 bridgehead atoms. The minimum atomic E-state index is 0.268. The van der Waals surface area contributed by atoms with Gasteiger partial charge in [0.1, 0.15) is 0 Å². The molecular formula is C11H15Si. The first-order valence-corrected chi connectivity index (χ1v) is 4.99. The van der Waals surface area contributed by atoms with Crippen molar-refractivity contribution in [1.29, 1.82) is 0 Å². The Bertz CT molecular complexity index is 241. The van der Waals surface area contributed by atoms with Crippen molar-refractivity contribution in [3.63, 3.8) is 0 Å². The third-order valence-corrected chi connectivity index (χ3v) is 2.43. The minimum Gasteiger partial charge on any atom is -0.0591 e. The summed E-state index contributed by atoms with van der Waals surface area (Å²) >= 11 is 0. The van der Waals surface area contributed by atoms with E-state index in [4.69, 9.17) is 0 Å². The van der Waals surface area contributed by atoms with Crippen LogP contribution in [-0.2, 0) is 11.5 Å². The summed E-state index contributed by atoms with van der Waals surface area (Å²) in [6.07, 6.45) is 0. The molecule has 0 aromatic heterocycles. The Labute approximate surface area is 78.4 Å². The minimum absolute atomic E-state index is 0.268. The monoisotopic (exact) mass is 175 g/mol. The molecule has 0 atom stereocenters. The third-order valence-electron chi connectivity index (χ3n) is 2.02. The van der Waals surface area contributed by atoms with E-state index in [1.807, 2.05) is 0 Å². The average molecular weight is 175 g/mol. The lowest BCUT2D eigenvalue weighted by Crippen LogP contribution is -2.10. The van der Waals surface area contributed by atoms with E-state index in [1.54, 1.807) is 0 Å². The van der Waals surface area contributed by atoms with E-state index in [0.29, 0.717) is 0 Å². The highest BCUT2D eigenvalue weighted by molar-refractivity contribution is 6.08. The van der Waals surface area contributed by atoms with E-state index in [2.05, 4.69) is 55.3 Å². The molecule has 63 valence electrons. The van der Waals surface area contributed by atoms with Crippen LogP contribution in [0.2, 0.25) is 0 Å². The van der Waals surface area contributed by atoms with Crippen molar-refractivity contribution in [2.45, 2.75) is 32.2 Å². The number of hydrogen-bond donors (Lipinski definition) is 0. The fourth-order valence-corrected chi connectivity index (χ4v) is 1.36. The molecule has 0 fully saturated rings. The van der Waals surface area contributed by atoms with E-state index in [1.165, 1.54) is 11.1 Å². The standard InChI is InChI=1S/C11H15Si/c1-11(2,3)10-6-4-9(8-12)5-7-10/h4-7H,8H2,1-3H3. The molecule has 0 amide bonds. The van der Waals surface area contributed by atoms with Gasteiger partial charge in [0.25, 0.3) is 0 Å². The molecule has 0 nitrogen and oxygen atoms in total. The number of hydrogen-bond acceptors (Lipinski definition) is 0. The van der Waals surface area contributed by atoms with Crippen LogP contribution in [0.25, 0.3) is 0 Å². The summed E-state index contributed by atoms with van der Waals surface area (Å²) in [6.45, 7) is 6.70. The molecule has 0 saturated heterocycles. The van der Waals surface area contributed by atoms with Gasteiger partial charge >= 0.3 is 0 Å². The molecular weight excluding hydrogens is 160 g/mol. The molecule has 0 heterocycles. The summed E-state index contributed by atoms with van der Waals surface area (Å²) in [6, 6.07) is 9.69. The van der Waals surface area contributed by atoms with Gasteiger partial charge in [-0.15, -0.1) is 0 Å². The van der Waals surface area contributed by atoms with Crippen molar-refractivity contribution in [3.8, 4) is 0 Å². The zero-order valence-electron chi connectivity index (χ0n) is 8.02. The van der Waals surface area contributed by atoms with Gasteiger partial charge in [-0.25, -0.2) is 0 Å². The molecule has 3 radical (unpaired) electrons. The van der Waals surface area contributed by atoms with Crippen molar-refractivity contribution in [3.05, 3.63) is 35.4 Å². The first kappa shape index (κ1) is 9.52. The van der Waals surface area contributed by atoms with Crippen LogP contribution in [-0.4, -0.2) is 10.2 Å². The van der Waals surface area contributed by atoms with Crippen LogP contribution >= 0.6 is 0 Å². The second-order valence-electron chi connectivity index (χ2n) is 4.12. The van der Waals surface area contributed by atoms with E-state index in [9.17, 15) is 0 Å². The van der Waals surface area contributed by atoms with Gasteiger partial charge in [0.15, 0.2) is 0 Å². The molecule has 0 unspecified atom stereocenters. The van der Waals surface area contributed by atoms with E-state index < -0.39 is 0 Å². The Hall–Kier alpha value is -0.563. The second-order valence-corrected chi connectivity index (χ2v) is 4.48. The topological polar surface area (TPSA) is 0 Å². The molecule has 1 rings (SSSR count). The molecule has 1 aromatic rings. The van der Waals surface area contributed by atoms with Gasteiger partial charge < -0.3 is 0 Å². The maximum Gasteiger partial charge on any atom is 0.0283 e. The smallest absolute Gasteiger partial charge is 0.0283 e. The van der Waals surface area contributed by atoms with Crippen LogP contribution in [0.1, 0.15) is 31.9 Å². The maximum atomic E-state index is 3.48. The first-order valence-electron chi connectivity index (χ1n) is 4.28. The van der Waals surface area contributed by atoms with Crippen molar-refractivity contribution < 1.29 is 0 Å². The molecule has 0 aliphatic rings. The summed E-state index contributed by atoms with van der Waals surface area (Å²) in [4.78, 5) is 0. The van der Waals surface area contributed by atoms with Gasteiger partial charge in [-0.1, -0.05) is 50.6 Å². The van der Waals surface area contributed by atoms with Crippen LogP contribution in [0.3, 0.4) is 0 Å². The SMILES string of the molecule is CC(C)(C)c1ccc(C[Si])cc1. The Balaban J connectivity index is 2.93. The Morgan fingerprint density at radius 3 is 1.92 bits per heavy atom. The van der Waals surface area contributed by atoms with Crippen LogP contribution in [0.5, 0.6) is 0 Å². The second kappa shape index (κ2) is 3.44. The van der Waals surface area contributed by atoms with E-state index in [-0.39, 0.29) is 5.41 Å². The Morgan fingerprint density at radius 1 is 1.08 bits per heavy atom. The largest absolute Gasteiger partial charge is 0.0591 e. The Kier molecular flexibility index (Phi) is 2.73. The van der Waals surface area contributed by atoms with Gasteiger partial charge in [0.2, 0.25) is 0 Å². The average Bonchev–Trinajstić information content (AvgIpc) is 2.03. The van der Waals surface area contributed by atoms with Crippen molar-refractivity contribution in [2.24, 2.45) is 0 Å². The third kappa shape index (κ3) is 2.21.